The maximum Gasteiger partial charge on any atom is 0.159 e. The molecule has 1 atom stereocenters. The number of benzene rings is 1. The molecule has 0 amide bonds. The van der Waals surface area contributed by atoms with Gasteiger partial charge < -0.3 is 9.84 Å². The highest BCUT2D eigenvalue weighted by atomic mass is 19.1. The van der Waals surface area contributed by atoms with Gasteiger partial charge in [0.1, 0.15) is 0 Å². The largest absolute Gasteiger partial charge is 0.393 e. The van der Waals surface area contributed by atoms with E-state index in [0.717, 1.165) is 31.2 Å². The highest BCUT2D eigenvalue weighted by Gasteiger charge is 2.39. The molecule has 0 aliphatic heterocycles. The van der Waals surface area contributed by atoms with Crippen LogP contribution < -0.4 is 0 Å². The summed E-state index contributed by atoms with van der Waals surface area (Å²) >= 11 is 0. The van der Waals surface area contributed by atoms with E-state index in [9.17, 15) is 9.50 Å². The minimum atomic E-state index is -1.57. The number of halogens is 1. The fourth-order valence-corrected chi connectivity index (χ4v) is 2.83. The second kappa shape index (κ2) is 7.01. The minimum Gasteiger partial charge on any atom is -0.393 e. The molecule has 1 fully saturated rings. The van der Waals surface area contributed by atoms with E-state index in [2.05, 4.69) is 0 Å². The SMILES string of the molecule is OCC(F)(COCc1ccccc1)C1CCCCC1. The zero-order valence-electron chi connectivity index (χ0n) is 11.4. The Bertz CT molecular complexity index is 362. The molecule has 2 nitrogen and oxygen atoms in total. The number of rotatable bonds is 6. The monoisotopic (exact) mass is 266 g/mol. The predicted molar refractivity (Wildman–Crippen MR) is 73.6 cm³/mol. The van der Waals surface area contributed by atoms with Crippen LogP contribution >= 0.6 is 0 Å². The average molecular weight is 266 g/mol. The molecular weight excluding hydrogens is 243 g/mol. The van der Waals surface area contributed by atoms with E-state index in [-0.39, 0.29) is 12.5 Å². The van der Waals surface area contributed by atoms with E-state index in [1.54, 1.807) is 0 Å². The summed E-state index contributed by atoms with van der Waals surface area (Å²) in [6.07, 6.45) is 5.05. The highest BCUT2D eigenvalue weighted by Crippen LogP contribution is 2.35. The molecule has 106 valence electrons. The van der Waals surface area contributed by atoms with Crippen LogP contribution in [0, 0.1) is 5.92 Å². The van der Waals surface area contributed by atoms with Gasteiger partial charge in [-0.2, -0.15) is 0 Å². The summed E-state index contributed by atoms with van der Waals surface area (Å²) in [6.45, 7) is -0.0469. The minimum absolute atomic E-state index is 0.0109. The van der Waals surface area contributed by atoms with Crippen molar-refractivity contribution in [2.24, 2.45) is 5.92 Å². The fourth-order valence-electron chi connectivity index (χ4n) is 2.83. The summed E-state index contributed by atoms with van der Waals surface area (Å²) in [5.41, 5.74) is -0.540. The smallest absolute Gasteiger partial charge is 0.159 e. The topological polar surface area (TPSA) is 29.5 Å². The zero-order valence-corrected chi connectivity index (χ0v) is 11.4. The van der Waals surface area contributed by atoms with Crippen LogP contribution in [-0.2, 0) is 11.3 Å². The summed E-state index contributed by atoms with van der Waals surface area (Å²) in [7, 11) is 0. The maximum absolute atomic E-state index is 14.7. The third kappa shape index (κ3) is 4.02. The lowest BCUT2D eigenvalue weighted by atomic mass is 9.78. The van der Waals surface area contributed by atoms with Crippen molar-refractivity contribution in [3.8, 4) is 0 Å². The standard InChI is InChI=1S/C16H23FO2/c17-16(12-18,15-9-5-2-6-10-15)13-19-11-14-7-3-1-4-8-14/h1,3-4,7-8,15,18H,2,5-6,9-13H2. The van der Waals surface area contributed by atoms with Gasteiger partial charge >= 0.3 is 0 Å². The van der Waals surface area contributed by atoms with Crippen molar-refractivity contribution >= 4 is 0 Å². The van der Waals surface area contributed by atoms with E-state index >= 15 is 0 Å². The molecule has 3 heteroatoms. The number of aliphatic hydroxyl groups is 1. The molecular formula is C16H23FO2. The van der Waals surface area contributed by atoms with E-state index in [1.807, 2.05) is 30.3 Å². The average Bonchev–Trinajstić information content (AvgIpc) is 2.49. The molecule has 1 saturated carbocycles. The van der Waals surface area contributed by atoms with E-state index in [0.29, 0.717) is 6.61 Å². The lowest BCUT2D eigenvalue weighted by Crippen LogP contribution is -2.42. The molecule has 0 heterocycles. The van der Waals surface area contributed by atoms with Crippen LogP contribution in [0.2, 0.25) is 0 Å². The van der Waals surface area contributed by atoms with Crippen molar-refractivity contribution in [3.63, 3.8) is 0 Å². The Labute approximate surface area is 114 Å². The lowest BCUT2D eigenvalue weighted by molar-refractivity contribution is -0.0699. The Morgan fingerprint density at radius 1 is 1.16 bits per heavy atom. The van der Waals surface area contributed by atoms with Crippen molar-refractivity contribution in [1.29, 1.82) is 0 Å². The first kappa shape index (κ1) is 14.5. The van der Waals surface area contributed by atoms with Crippen molar-refractivity contribution < 1.29 is 14.2 Å². The third-order valence-electron chi connectivity index (χ3n) is 4.05. The quantitative estimate of drug-likeness (QED) is 0.854. The van der Waals surface area contributed by atoms with Gasteiger partial charge in [0, 0.05) is 0 Å². The molecule has 19 heavy (non-hydrogen) atoms. The molecule has 1 N–H and O–H groups in total. The predicted octanol–water partition coefficient (Wildman–Crippen LogP) is 3.48. The Morgan fingerprint density at radius 2 is 1.84 bits per heavy atom. The number of alkyl halides is 1. The third-order valence-corrected chi connectivity index (χ3v) is 4.05. The first-order valence-corrected chi connectivity index (χ1v) is 7.16. The van der Waals surface area contributed by atoms with Crippen molar-refractivity contribution in [3.05, 3.63) is 35.9 Å². The molecule has 0 aromatic heterocycles. The normalized spacial score (nSPS) is 20.1. The number of aliphatic hydroxyl groups excluding tert-OH is 1. The van der Waals surface area contributed by atoms with E-state index in [1.165, 1.54) is 6.42 Å². The fraction of sp³-hybridized carbons (Fsp3) is 0.625. The Balaban J connectivity index is 1.84. The van der Waals surface area contributed by atoms with Crippen LogP contribution in [-0.4, -0.2) is 24.0 Å². The first-order valence-electron chi connectivity index (χ1n) is 7.16. The second-order valence-corrected chi connectivity index (χ2v) is 5.51. The van der Waals surface area contributed by atoms with Gasteiger partial charge in [-0.25, -0.2) is 4.39 Å². The van der Waals surface area contributed by atoms with Crippen molar-refractivity contribution in [1.82, 2.24) is 0 Å². The molecule has 0 saturated heterocycles. The van der Waals surface area contributed by atoms with Crippen molar-refractivity contribution in [2.45, 2.75) is 44.4 Å². The number of hydrogen-bond donors (Lipinski definition) is 1. The molecule has 1 aliphatic rings. The summed E-state index contributed by atoms with van der Waals surface area (Å²) in [5, 5.41) is 9.38. The highest BCUT2D eigenvalue weighted by molar-refractivity contribution is 5.13. The molecule has 1 aliphatic carbocycles. The summed E-state index contributed by atoms with van der Waals surface area (Å²) in [4.78, 5) is 0. The second-order valence-electron chi connectivity index (χ2n) is 5.51. The van der Waals surface area contributed by atoms with Gasteiger partial charge in [0.25, 0.3) is 0 Å². The van der Waals surface area contributed by atoms with Crippen LogP contribution in [0.5, 0.6) is 0 Å². The molecule has 1 aromatic rings. The van der Waals surface area contributed by atoms with Gasteiger partial charge in [0.05, 0.1) is 19.8 Å². The van der Waals surface area contributed by atoms with Gasteiger partial charge in [0.2, 0.25) is 0 Å². The van der Waals surface area contributed by atoms with Gasteiger partial charge in [-0.05, 0) is 24.3 Å². The van der Waals surface area contributed by atoms with Crippen molar-refractivity contribution in [2.75, 3.05) is 13.2 Å². The van der Waals surface area contributed by atoms with Gasteiger partial charge in [-0.3, -0.25) is 0 Å². The lowest BCUT2D eigenvalue weighted by Gasteiger charge is -2.34. The van der Waals surface area contributed by atoms with Gasteiger partial charge in [-0.15, -0.1) is 0 Å². The summed E-state index contributed by atoms with van der Waals surface area (Å²) in [6, 6.07) is 9.74. The van der Waals surface area contributed by atoms with Gasteiger partial charge in [-0.1, -0.05) is 49.6 Å². The molecule has 1 aromatic carbocycles. The van der Waals surface area contributed by atoms with Crippen LogP contribution in [0.15, 0.2) is 30.3 Å². The Morgan fingerprint density at radius 3 is 2.47 bits per heavy atom. The maximum atomic E-state index is 14.7. The molecule has 1 unspecified atom stereocenters. The summed E-state index contributed by atoms with van der Waals surface area (Å²) < 4.78 is 20.2. The Hall–Kier alpha value is -0.930. The zero-order chi connectivity index (χ0) is 13.6. The van der Waals surface area contributed by atoms with Gasteiger partial charge in [0.15, 0.2) is 5.67 Å². The first-order chi connectivity index (χ1) is 9.24. The summed E-state index contributed by atoms with van der Waals surface area (Å²) in [5.74, 6) is -0.0537. The van der Waals surface area contributed by atoms with Crippen LogP contribution in [0.1, 0.15) is 37.7 Å². The molecule has 0 radical (unpaired) electrons. The van der Waals surface area contributed by atoms with Crippen LogP contribution in [0.25, 0.3) is 0 Å². The van der Waals surface area contributed by atoms with E-state index in [4.69, 9.17) is 4.74 Å². The van der Waals surface area contributed by atoms with Crippen LogP contribution in [0.3, 0.4) is 0 Å². The van der Waals surface area contributed by atoms with E-state index < -0.39 is 12.3 Å². The molecule has 0 bridgehead atoms. The number of ether oxygens (including phenoxy) is 1. The molecule has 2 rings (SSSR count). The molecule has 0 spiro atoms. The Kier molecular flexibility index (Phi) is 5.34. The number of hydrogen-bond acceptors (Lipinski definition) is 2. The van der Waals surface area contributed by atoms with Crippen LogP contribution in [0.4, 0.5) is 4.39 Å².